The lowest BCUT2D eigenvalue weighted by atomic mass is 9.82. The van der Waals surface area contributed by atoms with Crippen molar-refractivity contribution in [2.75, 3.05) is 19.0 Å². The third kappa shape index (κ3) is 4.33. The Morgan fingerprint density at radius 2 is 2.06 bits per heavy atom. The Balaban J connectivity index is 2.65. The molecule has 1 heterocycles. The second-order valence-corrected chi connectivity index (χ2v) is 6.17. The zero-order chi connectivity index (χ0) is 13.8. The fourth-order valence-electron chi connectivity index (χ4n) is 1.68. The van der Waals surface area contributed by atoms with Crippen molar-refractivity contribution in [1.29, 1.82) is 0 Å². The fourth-order valence-corrected chi connectivity index (χ4v) is 1.68. The molecule has 4 heteroatoms. The van der Waals surface area contributed by atoms with Gasteiger partial charge in [0.15, 0.2) is 0 Å². The van der Waals surface area contributed by atoms with E-state index in [1.54, 1.807) is 7.11 Å². The Bertz CT molecular complexity index is 354. The van der Waals surface area contributed by atoms with Crippen LogP contribution in [0.5, 0.6) is 0 Å². The average molecular weight is 253 g/mol. The van der Waals surface area contributed by atoms with Crippen LogP contribution in [0, 0.1) is 11.3 Å². The molecule has 0 fully saturated rings. The van der Waals surface area contributed by atoms with Crippen LogP contribution in [0.4, 0.5) is 5.95 Å². The minimum atomic E-state index is 0.265. The number of nitrogens with one attached hydrogen (secondary N) is 1. The first kappa shape index (κ1) is 15.0. The van der Waals surface area contributed by atoms with Gasteiger partial charge in [0.05, 0.1) is 6.61 Å². The summed E-state index contributed by atoms with van der Waals surface area (Å²) in [5.41, 5.74) is 0.305. The highest BCUT2D eigenvalue weighted by Gasteiger charge is 2.21. The first-order valence-corrected chi connectivity index (χ1v) is 6.61. The molecular weight excluding hydrogens is 226 g/mol. The number of rotatable bonds is 6. The van der Waals surface area contributed by atoms with Gasteiger partial charge < -0.3 is 14.6 Å². The van der Waals surface area contributed by atoms with E-state index >= 15 is 0 Å². The molecule has 0 saturated carbocycles. The molecule has 0 aliphatic heterocycles. The highest BCUT2D eigenvalue weighted by atomic mass is 16.5. The molecule has 104 valence electrons. The van der Waals surface area contributed by atoms with Gasteiger partial charge in [-0.1, -0.05) is 27.7 Å². The topological polar surface area (TPSA) is 39.1 Å². The summed E-state index contributed by atoms with van der Waals surface area (Å²) in [5, 5.41) is 3.38. The van der Waals surface area contributed by atoms with Gasteiger partial charge in [-0.2, -0.15) is 0 Å². The summed E-state index contributed by atoms with van der Waals surface area (Å²) in [4.78, 5) is 4.37. The molecule has 0 spiro atoms. The summed E-state index contributed by atoms with van der Waals surface area (Å²) in [6, 6.07) is 0.265. The first-order valence-electron chi connectivity index (χ1n) is 6.61. The number of ether oxygens (including phenoxy) is 1. The molecule has 1 aromatic heterocycles. The van der Waals surface area contributed by atoms with Crippen LogP contribution >= 0.6 is 0 Å². The Morgan fingerprint density at radius 3 is 2.61 bits per heavy atom. The number of hydrogen-bond acceptors (Lipinski definition) is 3. The van der Waals surface area contributed by atoms with E-state index in [0.29, 0.717) is 17.9 Å². The van der Waals surface area contributed by atoms with E-state index in [2.05, 4.69) is 49.5 Å². The first-order chi connectivity index (χ1) is 8.34. The molecule has 0 radical (unpaired) electrons. The zero-order valence-corrected chi connectivity index (χ0v) is 12.5. The molecule has 18 heavy (non-hydrogen) atoms. The monoisotopic (exact) mass is 253 g/mol. The normalized spacial score (nSPS) is 15.4. The summed E-state index contributed by atoms with van der Waals surface area (Å²) in [6.45, 7) is 12.9. The Morgan fingerprint density at radius 1 is 1.39 bits per heavy atom. The molecule has 1 rings (SSSR count). The van der Waals surface area contributed by atoms with Crippen molar-refractivity contribution in [3.63, 3.8) is 0 Å². The fraction of sp³-hybridized carbons (Fsp3) is 0.786. The molecule has 0 amide bonds. The summed E-state index contributed by atoms with van der Waals surface area (Å²) in [6.07, 6.45) is 3.88. The number of aromatic nitrogens is 2. The average Bonchev–Trinajstić information content (AvgIpc) is 2.64. The second-order valence-electron chi connectivity index (χ2n) is 6.17. The SMILES string of the molecule is COCC(C)Nc1nccn1CC(C)C(C)(C)C. The Labute approximate surface area is 111 Å². The minimum absolute atomic E-state index is 0.265. The predicted octanol–water partition coefficient (Wildman–Crippen LogP) is 3.01. The van der Waals surface area contributed by atoms with Crippen LogP contribution in [0.15, 0.2) is 12.4 Å². The van der Waals surface area contributed by atoms with Gasteiger partial charge in [0.2, 0.25) is 5.95 Å². The lowest BCUT2D eigenvalue weighted by Gasteiger charge is -2.28. The van der Waals surface area contributed by atoms with Gasteiger partial charge in [-0.3, -0.25) is 0 Å². The van der Waals surface area contributed by atoms with E-state index in [1.807, 2.05) is 12.4 Å². The molecule has 4 nitrogen and oxygen atoms in total. The summed E-state index contributed by atoms with van der Waals surface area (Å²) in [5.74, 6) is 1.51. The van der Waals surface area contributed by atoms with E-state index < -0.39 is 0 Å². The zero-order valence-electron chi connectivity index (χ0n) is 12.5. The van der Waals surface area contributed by atoms with Crippen LogP contribution in [0.1, 0.15) is 34.6 Å². The molecule has 0 aromatic carbocycles. The van der Waals surface area contributed by atoms with Crippen molar-refractivity contribution < 1.29 is 4.74 Å². The van der Waals surface area contributed by atoms with E-state index in [1.165, 1.54) is 0 Å². The molecule has 0 saturated heterocycles. The molecule has 2 atom stereocenters. The molecule has 1 aromatic rings. The number of anilines is 1. The van der Waals surface area contributed by atoms with E-state index in [4.69, 9.17) is 4.74 Å². The van der Waals surface area contributed by atoms with Crippen molar-refractivity contribution in [2.24, 2.45) is 11.3 Å². The number of methoxy groups -OCH3 is 1. The van der Waals surface area contributed by atoms with Gasteiger partial charge >= 0.3 is 0 Å². The highest BCUT2D eigenvalue weighted by molar-refractivity contribution is 5.27. The Hall–Kier alpha value is -1.03. The van der Waals surface area contributed by atoms with E-state index in [0.717, 1.165) is 12.5 Å². The predicted molar refractivity (Wildman–Crippen MR) is 75.8 cm³/mol. The minimum Gasteiger partial charge on any atom is -0.383 e. The molecule has 1 N–H and O–H groups in total. The maximum atomic E-state index is 5.13. The summed E-state index contributed by atoms with van der Waals surface area (Å²) >= 11 is 0. The smallest absolute Gasteiger partial charge is 0.203 e. The third-order valence-corrected chi connectivity index (χ3v) is 3.46. The van der Waals surface area contributed by atoms with E-state index in [-0.39, 0.29) is 6.04 Å². The third-order valence-electron chi connectivity index (χ3n) is 3.46. The van der Waals surface area contributed by atoms with Crippen LogP contribution < -0.4 is 5.32 Å². The van der Waals surface area contributed by atoms with Crippen LogP contribution in [0.2, 0.25) is 0 Å². The molecule has 0 aliphatic rings. The van der Waals surface area contributed by atoms with Crippen molar-refractivity contribution >= 4 is 5.95 Å². The quantitative estimate of drug-likeness (QED) is 0.847. The number of imidazole rings is 1. The lowest BCUT2D eigenvalue weighted by Crippen LogP contribution is -2.26. The van der Waals surface area contributed by atoms with Gasteiger partial charge in [0, 0.05) is 32.1 Å². The second kappa shape index (κ2) is 6.23. The van der Waals surface area contributed by atoms with Crippen molar-refractivity contribution in [2.45, 2.75) is 47.2 Å². The van der Waals surface area contributed by atoms with Crippen molar-refractivity contribution in [3.8, 4) is 0 Å². The van der Waals surface area contributed by atoms with Gasteiger partial charge in [-0.25, -0.2) is 4.98 Å². The molecule has 0 aliphatic carbocycles. The van der Waals surface area contributed by atoms with Crippen molar-refractivity contribution in [3.05, 3.63) is 12.4 Å². The number of nitrogens with zero attached hydrogens (tertiary/aromatic N) is 2. The van der Waals surface area contributed by atoms with Gasteiger partial charge in [-0.05, 0) is 18.3 Å². The summed E-state index contributed by atoms with van der Waals surface area (Å²) in [7, 11) is 1.71. The molecule has 0 bridgehead atoms. The lowest BCUT2D eigenvalue weighted by molar-refractivity contribution is 0.189. The van der Waals surface area contributed by atoms with Crippen molar-refractivity contribution in [1.82, 2.24) is 9.55 Å². The number of hydrogen-bond donors (Lipinski definition) is 1. The van der Waals surface area contributed by atoms with Crippen LogP contribution in [-0.2, 0) is 11.3 Å². The van der Waals surface area contributed by atoms with Gasteiger partial charge in [-0.15, -0.1) is 0 Å². The highest BCUT2D eigenvalue weighted by Crippen LogP contribution is 2.27. The van der Waals surface area contributed by atoms with Gasteiger partial charge in [0.1, 0.15) is 0 Å². The summed E-state index contributed by atoms with van der Waals surface area (Å²) < 4.78 is 7.31. The largest absolute Gasteiger partial charge is 0.383 e. The van der Waals surface area contributed by atoms with E-state index in [9.17, 15) is 0 Å². The van der Waals surface area contributed by atoms with Crippen LogP contribution in [-0.4, -0.2) is 29.3 Å². The van der Waals surface area contributed by atoms with Crippen LogP contribution in [0.25, 0.3) is 0 Å². The molecule has 2 unspecified atom stereocenters. The Kier molecular flexibility index (Phi) is 5.20. The maximum Gasteiger partial charge on any atom is 0.203 e. The maximum absolute atomic E-state index is 5.13. The van der Waals surface area contributed by atoms with Crippen LogP contribution in [0.3, 0.4) is 0 Å². The van der Waals surface area contributed by atoms with Gasteiger partial charge in [0.25, 0.3) is 0 Å². The standard InChI is InChI=1S/C14H27N3O/c1-11(14(3,4)5)9-17-8-7-15-13(17)16-12(2)10-18-6/h7-8,11-12H,9-10H2,1-6H3,(H,15,16). The molecular formula is C14H27N3O.